The van der Waals surface area contributed by atoms with Gasteiger partial charge in [0.1, 0.15) is 0 Å². The average molecular weight is 470 g/mol. The highest BCUT2D eigenvalue weighted by molar-refractivity contribution is 14.0. The molecule has 1 aromatic rings. The Labute approximate surface area is 154 Å². The minimum absolute atomic E-state index is 0. The van der Waals surface area contributed by atoms with Crippen LogP contribution in [0, 0.1) is 5.92 Å². The van der Waals surface area contributed by atoms with E-state index in [0.717, 1.165) is 12.5 Å². The van der Waals surface area contributed by atoms with E-state index in [9.17, 15) is 13.2 Å². The molecule has 0 aliphatic carbocycles. The van der Waals surface area contributed by atoms with Crippen molar-refractivity contribution in [3.05, 3.63) is 33.8 Å². The minimum atomic E-state index is -4.28. The molecule has 0 fully saturated rings. The first-order valence-electron chi connectivity index (χ1n) is 6.19. The van der Waals surface area contributed by atoms with Crippen molar-refractivity contribution in [1.82, 2.24) is 5.32 Å². The first-order chi connectivity index (χ1) is 9.61. The lowest BCUT2D eigenvalue weighted by molar-refractivity contribution is -0.166. The molecule has 0 saturated heterocycles. The summed E-state index contributed by atoms with van der Waals surface area (Å²) >= 11 is 11.8. The number of nitrogens with one attached hydrogen (secondary N) is 1. The van der Waals surface area contributed by atoms with Gasteiger partial charge in [-0.2, -0.15) is 13.2 Å². The molecular weight excluding hydrogens is 453 g/mol. The molecule has 0 aliphatic heterocycles. The van der Waals surface area contributed by atoms with Gasteiger partial charge in [0.15, 0.2) is 5.96 Å². The SMILES string of the molecule is CC(NC(N)=NCC(C)C(F)(F)F)c1ccc(Cl)cc1Cl.I. The molecule has 9 heteroatoms. The normalized spacial score (nSPS) is 15.0. The molecule has 0 heterocycles. The molecular formula is C13H17Cl2F3IN3. The molecule has 0 saturated carbocycles. The fourth-order valence-corrected chi connectivity index (χ4v) is 2.11. The third-order valence-electron chi connectivity index (χ3n) is 2.89. The average Bonchev–Trinajstić information content (AvgIpc) is 2.34. The Kier molecular flexibility index (Phi) is 8.86. The van der Waals surface area contributed by atoms with Gasteiger partial charge in [0, 0.05) is 10.0 Å². The van der Waals surface area contributed by atoms with Gasteiger partial charge < -0.3 is 11.1 Å². The number of guanidine groups is 1. The van der Waals surface area contributed by atoms with Crippen LogP contribution < -0.4 is 11.1 Å². The molecule has 3 nitrogen and oxygen atoms in total. The van der Waals surface area contributed by atoms with E-state index >= 15 is 0 Å². The zero-order chi connectivity index (χ0) is 16.2. The lowest BCUT2D eigenvalue weighted by Gasteiger charge is -2.17. The Bertz CT molecular complexity index is 524. The second-order valence-corrected chi connectivity index (χ2v) is 5.54. The van der Waals surface area contributed by atoms with Crippen LogP contribution in [0.2, 0.25) is 10.0 Å². The van der Waals surface area contributed by atoms with Crippen LogP contribution in [0.5, 0.6) is 0 Å². The molecule has 0 amide bonds. The van der Waals surface area contributed by atoms with Crippen molar-refractivity contribution in [2.75, 3.05) is 6.54 Å². The Hall–Kier alpha value is -0.410. The lowest BCUT2D eigenvalue weighted by Crippen LogP contribution is -2.35. The first kappa shape index (κ1) is 21.6. The van der Waals surface area contributed by atoms with E-state index in [1.807, 2.05) is 0 Å². The molecule has 0 bridgehead atoms. The number of rotatable bonds is 4. The van der Waals surface area contributed by atoms with Gasteiger partial charge in [0.2, 0.25) is 0 Å². The highest BCUT2D eigenvalue weighted by atomic mass is 127. The standard InChI is InChI=1S/C13H16Cl2F3N3.HI/c1-7(13(16,17)18)6-20-12(19)21-8(2)10-4-3-9(14)5-11(10)15;/h3-5,7-8H,6H2,1-2H3,(H3,19,20,21);1H. The summed E-state index contributed by atoms with van der Waals surface area (Å²) in [7, 11) is 0. The maximum absolute atomic E-state index is 12.4. The number of nitrogens with two attached hydrogens (primary N) is 1. The Balaban J connectivity index is 0.00000441. The van der Waals surface area contributed by atoms with Crippen molar-refractivity contribution in [1.29, 1.82) is 0 Å². The summed E-state index contributed by atoms with van der Waals surface area (Å²) in [6, 6.07) is 4.66. The summed E-state index contributed by atoms with van der Waals surface area (Å²) in [4.78, 5) is 3.70. The molecule has 0 spiro atoms. The number of benzene rings is 1. The Morgan fingerprint density at radius 2 is 1.91 bits per heavy atom. The minimum Gasteiger partial charge on any atom is -0.370 e. The van der Waals surface area contributed by atoms with Crippen molar-refractivity contribution in [2.24, 2.45) is 16.6 Å². The largest absolute Gasteiger partial charge is 0.393 e. The third kappa shape index (κ3) is 6.78. The Morgan fingerprint density at radius 1 is 1.32 bits per heavy atom. The molecule has 2 atom stereocenters. The lowest BCUT2D eigenvalue weighted by atomic mass is 10.1. The predicted molar refractivity (Wildman–Crippen MR) is 95.1 cm³/mol. The highest BCUT2D eigenvalue weighted by Crippen LogP contribution is 2.27. The fraction of sp³-hybridized carbons (Fsp3) is 0.462. The number of halogens is 6. The van der Waals surface area contributed by atoms with Crippen LogP contribution in [0.25, 0.3) is 0 Å². The number of hydrogen-bond acceptors (Lipinski definition) is 1. The maximum Gasteiger partial charge on any atom is 0.393 e. The molecule has 2 unspecified atom stereocenters. The smallest absolute Gasteiger partial charge is 0.370 e. The van der Waals surface area contributed by atoms with Gasteiger partial charge in [-0.05, 0) is 24.6 Å². The number of hydrogen-bond donors (Lipinski definition) is 2. The zero-order valence-electron chi connectivity index (χ0n) is 11.9. The van der Waals surface area contributed by atoms with Crippen molar-refractivity contribution >= 4 is 53.1 Å². The molecule has 1 rings (SSSR count). The van der Waals surface area contributed by atoms with E-state index in [0.29, 0.717) is 10.0 Å². The van der Waals surface area contributed by atoms with Gasteiger partial charge >= 0.3 is 6.18 Å². The van der Waals surface area contributed by atoms with E-state index in [1.165, 1.54) is 0 Å². The second kappa shape index (κ2) is 9.02. The summed E-state index contributed by atoms with van der Waals surface area (Å²) in [5.41, 5.74) is 6.31. The van der Waals surface area contributed by atoms with Gasteiger partial charge in [-0.1, -0.05) is 36.2 Å². The molecule has 126 valence electrons. The topological polar surface area (TPSA) is 50.4 Å². The molecule has 0 aliphatic rings. The van der Waals surface area contributed by atoms with Gasteiger partial charge in [-0.3, -0.25) is 4.99 Å². The number of aliphatic imine (C=N–C) groups is 1. The van der Waals surface area contributed by atoms with E-state index in [1.54, 1.807) is 25.1 Å². The monoisotopic (exact) mass is 469 g/mol. The Morgan fingerprint density at radius 3 is 2.41 bits per heavy atom. The van der Waals surface area contributed by atoms with Gasteiger partial charge in [-0.15, -0.1) is 24.0 Å². The van der Waals surface area contributed by atoms with Crippen molar-refractivity contribution < 1.29 is 13.2 Å². The molecule has 3 N–H and O–H groups in total. The molecule has 0 aromatic heterocycles. The molecule has 1 aromatic carbocycles. The third-order valence-corrected chi connectivity index (χ3v) is 3.45. The van der Waals surface area contributed by atoms with E-state index < -0.39 is 18.6 Å². The fourth-order valence-electron chi connectivity index (χ4n) is 1.54. The van der Waals surface area contributed by atoms with Crippen molar-refractivity contribution in [3.8, 4) is 0 Å². The summed E-state index contributed by atoms with van der Waals surface area (Å²) < 4.78 is 37.1. The van der Waals surface area contributed by atoms with E-state index in [2.05, 4.69) is 10.3 Å². The van der Waals surface area contributed by atoms with E-state index in [4.69, 9.17) is 28.9 Å². The summed E-state index contributed by atoms with van der Waals surface area (Å²) in [5, 5.41) is 3.74. The second-order valence-electron chi connectivity index (χ2n) is 4.70. The van der Waals surface area contributed by atoms with Crippen LogP contribution in [0.4, 0.5) is 13.2 Å². The molecule has 22 heavy (non-hydrogen) atoms. The predicted octanol–water partition coefficient (Wildman–Crippen LogP) is 4.78. The van der Waals surface area contributed by atoms with Crippen LogP contribution in [0.1, 0.15) is 25.5 Å². The van der Waals surface area contributed by atoms with Gasteiger partial charge in [-0.25, -0.2) is 0 Å². The van der Waals surface area contributed by atoms with Gasteiger partial charge in [0.05, 0.1) is 18.5 Å². The highest BCUT2D eigenvalue weighted by Gasteiger charge is 2.35. The van der Waals surface area contributed by atoms with Crippen LogP contribution in [-0.4, -0.2) is 18.7 Å². The summed E-state index contributed by atoms with van der Waals surface area (Å²) in [6.07, 6.45) is -4.28. The van der Waals surface area contributed by atoms with Crippen LogP contribution >= 0.6 is 47.2 Å². The first-order valence-corrected chi connectivity index (χ1v) is 6.95. The summed E-state index contributed by atoms with van der Waals surface area (Å²) in [6.45, 7) is 2.39. The van der Waals surface area contributed by atoms with Crippen LogP contribution in [0.15, 0.2) is 23.2 Å². The van der Waals surface area contributed by atoms with Crippen molar-refractivity contribution in [2.45, 2.75) is 26.1 Å². The molecule has 0 radical (unpaired) electrons. The zero-order valence-corrected chi connectivity index (χ0v) is 15.8. The van der Waals surface area contributed by atoms with Crippen LogP contribution in [0.3, 0.4) is 0 Å². The van der Waals surface area contributed by atoms with Gasteiger partial charge in [0.25, 0.3) is 0 Å². The summed E-state index contributed by atoms with van der Waals surface area (Å²) in [5.74, 6) is -1.61. The van der Waals surface area contributed by atoms with Crippen molar-refractivity contribution in [3.63, 3.8) is 0 Å². The maximum atomic E-state index is 12.4. The number of alkyl halides is 3. The number of nitrogens with zero attached hydrogens (tertiary/aromatic N) is 1. The van der Waals surface area contributed by atoms with E-state index in [-0.39, 0.29) is 36.0 Å². The quantitative estimate of drug-likeness (QED) is 0.379. The van der Waals surface area contributed by atoms with Crippen LogP contribution in [-0.2, 0) is 0 Å².